The van der Waals surface area contributed by atoms with Crippen molar-refractivity contribution in [1.82, 2.24) is 10.3 Å². The number of phenolic OH excluding ortho intramolecular Hbond substituents is 1. The maximum Gasteiger partial charge on any atom is 0.267 e. The minimum atomic E-state index is -0.521. The van der Waals surface area contributed by atoms with Crippen molar-refractivity contribution in [2.24, 2.45) is 0 Å². The zero-order chi connectivity index (χ0) is 15.8. The predicted molar refractivity (Wildman–Crippen MR) is 81.5 cm³/mol. The van der Waals surface area contributed by atoms with Crippen LogP contribution in [-0.2, 0) is 11.3 Å². The Morgan fingerprint density at radius 3 is 2.73 bits per heavy atom. The van der Waals surface area contributed by atoms with E-state index >= 15 is 0 Å². The number of hydrogen-bond acceptors (Lipinski definition) is 5. The maximum absolute atomic E-state index is 12.0. The predicted octanol–water partition coefficient (Wildman–Crippen LogP) is 1.92. The Bertz CT molecular complexity index is 703. The third-order valence-corrected chi connectivity index (χ3v) is 2.77. The van der Waals surface area contributed by atoms with Crippen LogP contribution in [0.3, 0.4) is 0 Å². The number of rotatable bonds is 5. The van der Waals surface area contributed by atoms with Gasteiger partial charge in [0.25, 0.3) is 5.91 Å². The van der Waals surface area contributed by atoms with Gasteiger partial charge in [-0.2, -0.15) is 5.26 Å². The van der Waals surface area contributed by atoms with E-state index in [1.165, 1.54) is 18.3 Å². The Morgan fingerprint density at radius 2 is 2.09 bits per heavy atom. The fourth-order valence-electron chi connectivity index (χ4n) is 1.67. The van der Waals surface area contributed by atoms with Gasteiger partial charge in [0.15, 0.2) is 0 Å². The molecule has 1 aromatic heterocycles. The molecule has 1 aromatic carbocycles. The summed E-state index contributed by atoms with van der Waals surface area (Å²) in [7, 11) is 0. The van der Waals surface area contributed by atoms with Gasteiger partial charge in [0.05, 0.1) is 0 Å². The highest BCUT2D eigenvalue weighted by atomic mass is 16.3. The largest absolute Gasteiger partial charge is 0.508 e. The second kappa shape index (κ2) is 7.45. The number of carbonyl (C=O) groups is 1. The van der Waals surface area contributed by atoms with Gasteiger partial charge in [-0.1, -0.05) is 6.07 Å². The van der Waals surface area contributed by atoms with Crippen molar-refractivity contribution in [3.05, 3.63) is 66.1 Å². The van der Waals surface area contributed by atoms with Gasteiger partial charge >= 0.3 is 0 Å². The highest BCUT2D eigenvalue weighted by Gasteiger charge is 2.09. The average Bonchev–Trinajstić information content (AvgIpc) is 2.54. The van der Waals surface area contributed by atoms with E-state index in [2.05, 4.69) is 15.6 Å². The number of aromatic hydroxyl groups is 1. The number of nitriles is 1. The van der Waals surface area contributed by atoms with Crippen molar-refractivity contribution in [2.45, 2.75) is 6.54 Å². The summed E-state index contributed by atoms with van der Waals surface area (Å²) in [6.45, 7) is 0.464. The summed E-state index contributed by atoms with van der Waals surface area (Å²) in [5.74, 6) is -0.418. The molecule has 1 amide bonds. The molecule has 2 rings (SSSR count). The molecule has 110 valence electrons. The molecular weight excluding hydrogens is 280 g/mol. The van der Waals surface area contributed by atoms with Gasteiger partial charge in [-0.15, -0.1) is 0 Å². The second-order valence-electron chi connectivity index (χ2n) is 4.41. The maximum atomic E-state index is 12.0. The van der Waals surface area contributed by atoms with Crippen LogP contribution in [0.5, 0.6) is 5.75 Å². The smallest absolute Gasteiger partial charge is 0.267 e. The van der Waals surface area contributed by atoms with Crippen LogP contribution in [0.15, 0.2) is 60.6 Å². The van der Waals surface area contributed by atoms with Crippen LogP contribution < -0.4 is 10.6 Å². The lowest BCUT2D eigenvalue weighted by atomic mass is 10.2. The van der Waals surface area contributed by atoms with Crippen molar-refractivity contribution >= 4 is 11.6 Å². The first-order valence-electron chi connectivity index (χ1n) is 6.52. The lowest BCUT2D eigenvalue weighted by Crippen LogP contribution is -2.16. The summed E-state index contributed by atoms with van der Waals surface area (Å²) in [5.41, 5.74) is 1.39. The number of pyridine rings is 1. The molecule has 0 saturated carbocycles. The molecule has 0 unspecified atom stereocenters. The first-order chi connectivity index (χ1) is 10.7. The first kappa shape index (κ1) is 15.1. The standard InChI is InChI=1S/C16H14N4O2/c17-8-13(11-19-10-12-2-1-7-18-9-12)16(22)20-14-3-5-15(21)6-4-14/h1-7,9,11,19,21H,10H2,(H,20,22)/b13-11-. The quantitative estimate of drug-likeness (QED) is 0.444. The van der Waals surface area contributed by atoms with Crippen LogP contribution in [0.1, 0.15) is 5.56 Å². The zero-order valence-corrected chi connectivity index (χ0v) is 11.7. The molecule has 6 heteroatoms. The number of amides is 1. The lowest BCUT2D eigenvalue weighted by Gasteiger charge is -2.05. The van der Waals surface area contributed by atoms with Crippen LogP contribution in [0.2, 0.25) is 0 Å². The molecule has 6 nitrogen and oxygen atoms in total. The highest BCUT2D eigenvalue weighted by Crippen LogP contribution is 2.14. The van der Waals surface area contributed by atoms with Crippen molar-refractivity contribution in [3.63, 3.8) is 0 Å². The molecule has 0 saturated heterocycles. The van der Waals surface area contributed by atoms with Gasteiger partial charge in [0.2, 0.25) is 0 Å². The Kier molecular flexibility index (Phi) is 5.10. The van der Waals surface area contributed by atoms with Gasteiger partial charge < -0.3 is 15.7 Å². The lowest BCUT2D eigenvalue weighted by molar-refractivity contribution is -0.112. The summed E-state index contributed by atoms with van der Waals surface area (Å²) >= 11 is 0. The Morgan fingerprint density at radius 1 is 1.32 bits per heavy atom. The number of benzene rings is 1. The van der Waals surface area contributed by atoms with Crippen molar-refractivity contribution < 1.29 is 9.90 Å². The molecule has 22 heavy (non-hydrogen) atoms. The number of carbonyl (C=O) groups excluding carboxylic acids is 1. The minimum Gasteiger partial charge on any atom is -0.508 e. The summed E-state index contributed by atoms with van der Waals surface area (Å²) in [6.07, 6.45) is 4.73. The fourth-order valence-corrected chi connectivity index (χ4v) is 1.67. The molecule has 0 bridgehead atoms. The number of aromatic nitrogens is 1. The molecule has 0 radical (unpaired) electrons. The molecule has 0 aliphatic heterocycles. The van der Waals surface area contributed by atoms with Gasteiger partial charge in [0.1, 0.15) is 17.4 Å². The Hall–Kier alpha value is -3.33. The zero-order valence-electron chi connectivity index (χ0n) is 11.7. The third kappa shape index (κ3) is 4.35. The molecule has 0 spiro atoms. The van der Waals surface area contributed by atoms with E-state index in [0.717, 1.165) is 5.56 Å². The number of phenols is 1. The van der Waals surface area contributed by atoms with E-state index < -0.39 is 5.91 Å². The monoisotopic (exact) mass is 294 g/mol. The number of nitrogens with one attached hydrogen (secondary N) is 2. The normalized spacial score (nSPS) is 10.6. The molecule has 1 heterocycles. The van der Waals surface area contributed by atoms with Crippen LogP contribution >= 0.6 is 0 Å². The summed E-state index contributed by atoms with van der Waals surface area (Å²) in [4.78, 5) is 15.9. The van der Waals surface area contributed by atoms with Crippen LogP contribution in [0, 0.1) is 11.3 Å². The minimum absolute atomic E-state index is 0.0445. The second-order valence-corrected chi connectivity index (χ2v) is 4.41. The molecule has 3 N–H and O–H groups in total. The molecule has 2 aromatic rings. The number of anilines is 1. The molecule has 0 aliphatic carbocycles. The fraction of sp³-hybridized carbons (Fsp3) is 0.0625. The SMILES string of the molecule is N#C/C(=C/NCc1cccnc1)C(=O)Nc1ccc(O)cc1. The number of hydrogen-bond donors (Lipinski definition) is 3. The summed E-state index contributed by atoms with van der Waals surface area (Å²) < 4.78 is 0. The van der Waals surface area contributed by atoms with Gasteiger partial charge in [-0.3, -0.25) is 9.78 Å². The van der Waals surface area contributed by atoms with E-state index in [9.17, 15) is 9.90 Å². The van der Waals surface area contributed by atoms with Crippen molar-refractivity contribution in [1.29, 1.82) is 5.26 Å². The molecular formula is C16H14N4O2. The number of nitrogens with zero attached hydrogens (tertiary/aromatic N) is 2. The average molecular weight is 294 g/mol. The highest BCUT2D eigenvalue weighted by molar-refractivity contribution is 6.06. The molecule has 0 atom stereocenters. The van der Waals surface area contributed by atoms with Gasteiger partial charge in [-0.05, 0) is 35.9 Å². The van der Waals surface area contributed by atoms with E-state index in [1.54, 1.807) is 24.5 Å². The van der Waals surface area contributed by atoms with E-state index in [1.807, 2.05) is 18.2 Å². The Labute approximate surface area is 127 Å². The van der Waals surface area contributed by atoms with E-state index in [-0.39, 0.29) is 11.3 Å². The van der Waals surface area contributed by atoms with Gasteiger partial charge in [-0.25, -0.2) is 0 Å². The van der Waals surface area contributed by atoms with Crippen LogP contribution in [0.4, 0.5) is 5.69 Å². The topological polar surface area (TPSA) is 98.0 Å². The molecule has 0 fully saturated rings. The Balaban J connectivity index is 1.95. The summed E-state index contributed by atoms with van der Waals surface area (Å²) in [5, 5.41) is 23.7. The first-order valence-corrected chi connectivity index (χ1v) is 6.52. The van der Waals surface area contributed by atoms with Crippen molar-refractivity contribution in [2.75, 3.05) is 5.32 Å². The van der Waals surface area contributed by atoms with Crippen LogP contribution in [0.25, 0.3) is 0 Å². The van der Waals surface area contributed by atoms with E-state index in [4.69, 9.17) is 5.26 Å². The summed E-state index contributed by atoms with van der Waals surface area (Å²) in [6, 6.07) is 11.5. The van der Waals surface area contributed by atoms with E-state index in [0.29, 0.717) is 12.2 Å². The van der Waals surface area contributed by atoms with Crippen molar-refractivity contribution in [3.8, 4) is 11.8 Å². The van der Waals surface area contributed by atoms with Gasteiger partial charge in [0, 0.05) is 30.8 Å². The third-order valence-electron chi connectivity index (χ3n) is 2.77. The van der Waals surface area contributed by atoms with Crippen LogP contribution in [-0.4, -0.2) is 16.0 Å². The molecule has 0 aliphatic rings.